The Balaban J connectivity index is 0.00000128. The molecule has 0 bridgehead atoms. The van der Waals surface area contributed by atoms with Crippen molar-refractivity contribution in [3.05, 3.63) is 48.3 Å². The second-order valence-electron chi connectivity index (χ2n) is 2.89. The van der Waals surface area contributed by atoms with E-state index in [2.05, 4.69) is 4.98 Å². The zero-order chi connectivity index (χ0) is 10.8. The molecule has 0 amide bonds. The Kier molecular flexibility index (Phi) is 3.88. The minimum absolute atomic E-state index is 0. The smallest absolute Gasteiger partial charge is 0.542 e. The molecule has 2 rings (SSSR count). The first kappa shape index (κ1) is 12.5. The molecule has 0 fully saturated rings. The topological polar surface area (TPSA) is 57.9 Å². The summed E-state index contributed by atoms with van der Waals surface area (Å²) >= 11 is 0. The van der Waals surface area contributed by atoms with Crippen LogP contribution in [0.2, 0.25) is 0 Å². The van der Waals surface area contributed by atoms with Gasteiger partial charge in [0.25, 0.3) is 0 Å². The van der Waals surface area contributed by atoms with E-state index in [-0.39, 0.29) is 24.7 Å². The summed E-state index contributed by atoms with van der Waals surface area (Å²) in [5.41, 5.74) is 0.395. The Morgan fingerprint density at radius 1 is 1.44 bits per heavy atom. The molecule has 4 nitrogen and oxygen atoms in total. The molecular formula is C10H6FLiN2O2. The average molecular weight is 212 g/mol. The molecule has 0 radical (unpaired) electrons. The summed E-state index contributed by atoms with van der Waals surface area (Å²) in [6, 6.07) is 5.56. The van der Waals surface area contributed by atoms with Crippen molar-refractivity contribution in [2.45, 2.75) is 0 Å². The van der Waals surface area contributed by atoms with E-state index in [1.807, 2.05) is 0 Å². The molecule has 1 heterocycles. The van der Waals surface area contributed by atoms with Gasteiger partial charge in [-0.25, -0.2) is 9.37 Å². The maximum atomic E-state index is 12.9. The van der Waals surface area contributed by atoms with Crippen LogP contribution in [0.15, 0.2) is 36.7 Å². The number of hydrogen-bond donors (Lipinski definition) is 0. The summed E-state index contributed by atoms with van der Waals surface area (Å²) < 4.78 is 14.1. The SMILES string of the molecule is O=C([O-])c1nccn1-c1cccc(F)c1.[Li+]. The van der Waals surface area contributed by atoms with Crippen molar-refractivity contribution in [1.82, 2.24) is 9.55 Å². The van der Waals surface area contributed by atoms with Gasteiger partial charge in [-0.3, -0.25) is 4.57 Å². The number of carboxylic acid groups (broad SMARTS) is 1. The van der Waals surface area contributed by atoms with Gasteiger partial charge in [-0.05, 0) is 18.2 Å². The zero-order valence-corrected chi connectivity index (χ0v) is 8.55. The minimum atomic E-state index is -1.40. The maximum Gasteiger partial charge on any atom is 1.00 e. The summed E-state index contributed by atoms with van der Waals surface area (Å²) in [7, 11) is 0. The van der Waals surface area contributed by atoms with Gasteiger partial charge in [-0.2, -0.15) is 0 Å². The Hall–Kier alpha value is -1.57. The molecule has 0 spiro atoms. The summed E-state index contributed by atoms with van der Waals surface area (Å²) in [5.74, 6) is -2.09. The normalized spacial score (nSPS) is 9.56. The average Bonchev–Trinajstić information content (AvgIpc) is 2.65. The van der Waals surface area contributed by atoms with Crippen LogP contribution in [-0.4, -0.2) is 15.5 Å². The fourth-order valence-electron chi connectivity index (χ4n) is 1.29. The molecule has 0 aliphatic carbocycles. The summed E-state index contributed by atoms with van der Waals surface area (Å²) in [4.78, 5) is 14.3. The molecule has 0 N–H and O–H groups in total. The largest absolute Gasteiger partial charge is 1.00 e. The third kappa shape index (κ3) is 2.32. The van der Waals surface area contributed by atoms with Gasteiger partial charge < -0.3 is 9.90 Å². The van der Waals surface area contributed by atoms with Gasteiger partial charge in [0, 0.05) is 18.1 Å². The van der Waals surface area contributed by atoms with Gasteiger partial charge in [0.05, 0.1) is 0 Å². The molecule has 1 aromatic carbocycles. The number of aromatic carboxylic acids is 1. The number of rotatable bonds is 2. The Labute approximate surface area is 103 Å². The molecule has 6 heteroatoms. The van der Waals surface area contributed by atoms with Crippen LogP contribution < -0.4 is 24.0 Å². The van der Waals surface area contributed by atoms with Crippen LogP contribution in [0.3, 0.4) is 0 Å². The molecule has 16 heavy (non-hydrogen) atoms. The number of aromatic nitrogens is 2. The minimum Gasteiger partial charge on any atom is -0.542 e. The van der Waals surface area contributed by atoms with Gasteiger partial charge >= 0.3 is 18.9 Å². The fraction of sp³-hybridized carbons (Fsp3) is 0. The maximum absolute atomic E-state index is 12.9. The number of hydrogen-bond acceptors (Lipinski definition) is 3. The number of nitrogens with zero attached hydrogens (tertiary/aromatic N) is 2. The van der Waals surface area contributed by atoms with Crippen LogP contribution in [0.25, 0.3) is 5.69 Å². The van der Waals surface area contributed by atoms with Gasteiger partial charge in [0.1, 0.15) is 11.8 Å². The van der Waals surface area contributed by atoms with Crippen LogP contribution in [0.5, 0.6) is 0 Å². The van der Waals surface area contributed by atoms with E-state index >= 15 is 0 Å². The summed E-state index contributed by atoms with van der Waals surface area (Å²) in [5, 5.41) is 10.7. The van der Waals surface area contributed by atoms with Crippen molar-refractivity contribution in [1.29, 1.82) is 0 Å². The van der Waals surface area contributed by atoms with E-state index in [1.54, 1.807) is 6.07 Å². The van der Waals surface area contributed by atoms with Gasteiger partial charge in [-0.1, -0.05) is 6.07 Å². The van der Waals surface area contributed by atoms with Gasteiger partial charge in [0.15, 0.2) is 5.82 Å². The standard InChI is InChI=1S/C10H7FN2O2.Li/c11-7-2-1-3-8(6-7)13-5-4-12-9(13)10(14)15;/h1-6H,(H,14,15);/q;+1/p-1. The van der Waals surface area contributed by atoms with E-state index in [0.29, 0.717) is 5.69 Å². The number of carboxylic acids is 1. The molecule has 0 atom stereocenters. The van der Waals surface area contributed by atoms with Crippen LogP contribution in [0, 0.1) is 5.82 Å². The quantitative estimate of drug-likeness (QED) is 0.512. The first-order chi connectivity index (χ1) is 7.18. The molecular weight excluding hydrogens is 206 g/mol. The van der Waals surface area contributed by atoms with Crippen molar-refractivity contribution in [3.63, 3.8) is 0 Å². The summed E-state index contributed by atoms with van der Waals surface area (Å²) in [6.07, 6.45) is 2.75. The van der Waals surface area contributed by atoms with E-state index in [4.69, 9.17) is 0 Å². The Morgan fingerprint density at radius 3 is 2.81 bits per heavy atom. The molecule has 76 valence electrons. The number of halogens is 1. The first-order valence-corrected chi connectivity index (χ1v) is 4.19. The van der Waals surface area contributed by atoms with Crippen molar-refractivity contribution in [2.24, 2.45) is 0 Å². The number of carbonyl (C=O) groups excluding carboxylic acids is 1. The Bertz CT molecular complexity index is 513. The third-order valence-electron chi connectivity index (χ3n) is 1.91. The molecule has 0 aliphatic rings. The van der Waals surface area contributed by atoms with Crippen molar-refractivity contribution in [2.75, 3.05) is 0 Å². The predicted octanol–water partition coefficient (Wildman–Crippen LogP) is -2.62. The van der Waals surface area contributed by atoms with E-state index in [0.717, 1.165) is 0 Å². The van der Waals surface area contributed by atoms with Crippen molar-refractivity contribution < 1.29 is 33.2 Å². The third-order valence-corrected chi connectivity index (χ3v) is 1.91. The molecule has 0 saturated carbocycles. The van der Waals surface area contributed by atoms with E-state index < -0.39 is 11.8 Å². The van der Waals surface area contributed by atoms with Crippen LogP contribution in [0.4, 0.5) is 4.39 Å². The molecule has 2 aromatic rings. The number of carbonyl (C=O) groups is 1. The van der Waals surface area contributed by atoms with E-state index in [9.17, 15) is 14.3 Å². The van der Waals surface area contributed by atoms with Crippen LogP contribution in [0.1, 0.15) is 10.6 Å². The fourth-order valence-corrected chi connectivity index (χ4v) is 1.29. The summed E-state index contributed by atoms with van der Waals surface area (Å²) in [6.45, 7) is 0. The molecule has 0 saturated heterocycles. The van der Waals surface area contributed by atoms with Gasteiger partial charge in [-0.15, -0.1) is 0 Å². The van der Waals surface area contributed by atoms with Crippen molar-refractivity contribution in [3.8, 4) is 5.69 Å². The van der Waals surface area contributed by atoms with Crippen molar-refractivity contribution >= 4 is 5.97 Å². The number of imidazole rings is 1. The second kappa shape index (κ2) is 4.97. The first-order valence-electron chi connectivity index (χ1n) is 4.19. The second-order valence-corrected chi connectivity index (χ2v) is 2.89. The zero-order valence-electron chi connectivity index (χ0n) is 8.55. The molecule has 0 aliphatic heterocycles. The number of benzene rings is 1. The van der Waals surface area contributed by atoms with E-state index in [1.165, 1.54) is 35.2 Å². The monoisotopic (exact) mass is 212 g/mol. The Morgan fingerprint density at radius 2 is 2.19 bits per heavy atom. The van der Waals surface area contributed by atoms with Crippen LogP contribution >= 0.6 is 0 Å². The predicted molar refractivity (Wildman–Crippen MR) is 47.9 cm³/mol. The van der Waals surface area contributed by atoms with Gasteiger partial charge in [0.2, 0.25) is 0 Å². The molecule has 0 unspecified atom stereocenters. The van der Waals surface area contributed by atoms with Crippen LogP contribution in [-0.2, 0) is 0 Å². The molecule has 1 aromatic heterocycles.